The maximum atomic E-state index is 13.2. The topological polar surface area (TPSA) is 54.9 Å². The Labute approximate surface area is 127 Å². The lowest BCUT2D eigenvalue weighted by Gasteiger charge is -1.96. The SMILES string of the molecule is O=C(Nc1nnc(C2CC2)s1)c1cc2ccc(F)cc2s1. The van der Waals surface area contributed by atoms with E-state index in [-0.39, 0.29) is 11.7 Å². The van der Waals surface area contributed by atoms with E-state index in [1.54, 1.807) is 12.1 Å². The smallest absolute Gasteiger partial charge is 0.267 e. The van der Waals surface area contributed by atoms with Gasteiger partial charge in [-0.05, 0) is 36.4 Å². The molecular weight excluding hydrogens is 309 g/mol. The highest BCUT2D eigenvalue weighted by atomic mass is 32.1. The summed E-state index contributed by atoms with van der Waals surface area (Å²) in [6.07, 6.45) is 2.31. The molecule has 3 aromatic rings. The predicted octanol–water partition coefficient (Wildman–Crippen LogP) is 4.02. The number of thiophene rings is 1. The number of nitrogens with zero attached hydrogens (tertiary/aromatic N) is 2. The van der Waals surface area contributed by atoms with Crippen LogP contribution in [-0.4, -0.2) is 16.1 Å². The summed E-state index contributed by atoms with van der Waals surface area (Å²) in [5.74, 6) is 0.00469. The number of carbonyl (C=O) groups excluding carboxylic acids is 1. The second kappa shape index (κ2) is 4.85. The number of aromatic nitrogens is 2. The standard InChI is InChI=1S/C14H10FN3OS2/c15-9-4-3-8-5-11(20-10(8)6-9)12(19)16-14-18-17-13(21-14)7-1-2-7/h3-7H,1-2H2,(H,16,18,19). The van der Waals surface area contributed by atoms with Crippen LogP contribution in [-0.2, 0) is 0 Å². The molecule has 0 bridgehead atoms. The Hall–Kier alpha value is -1.86. The first kappa shape index (κ1) is 12.8. The fraction of sp³-hybridized carbons (Fsp3) is 0.214. The number of benzene rings is 1. The molecule has 2 aromatic heterocycles. The van der Waals surface area contributed by atoms with Crippen LogP contribution in [0.2, 0.25) is 0 Å². The van der Waals surface area contributed by atoms with Gasteiger partial charge in [-0.1, -0.05) is 17.4 Å². The Morgan fingerprint density at radius 2 is 2.10 bits per heavy atom. The number of hydrogen-bond donors (Lipinski definition) is 1. The zero-order chi connectivity index (χ0) is 14.4. The molecule has 1 aromatic carbocycles. The minimum absolute atomic E-state index is 0.227. The molecule has 0 saturated heterocycles. The number of fused-ring (bicyclic) bond motifs is 1. The highest BCUT2D eigenvalue weighted by Gasteiger charge is 2.27. The Bertz CT molecular complexity index is 838. The molecule has 1 aliphatic rings. The zero-order valence-electron chi connectivity index (χ0n) is 10.8. The number of anilines is 1. The van der Waals surface area contributed by atoms with E-state index in [0.717, 1.165) is 27.9 Å². The summed E-state index contributed by atoms with van der Waals surface area (Å²) in [5.41, 5.74) is 0. The number of halogens is 1. The number of rotatable bonds is 3. The fourth-order valence-electron chi connectivity index (χ4n) is 2.06. The minimum Gasteiger partial charge on any atom is -0.296 e. The largest absolute Gasteiger partial charge is 0.296 e. The van der Waals surface area contributed by atoms with Gasteiger partial charge in [0.15, 0.2) is 0 Å². The molecule has 2 heterocycles. The van der Waals surface area contributed by atoms with Crippen molar-refractivity contribution >= 4 is 43.8 Å². The van der Waals surface area contributed by atoms with E-state index >= 15 is 0 Å². The number of hydrogen-bond acceptors (Lipinski definition) is 5. The zero-order valence-corrected chi connectivity index (χ0v) is 12.4. The summed E-state index contributed by atoms with van der Waals surface area (Å²) < 4.78 is 13.9. The van der Waals surface area contributed by atoms with Gasteiger partial charge in [0, 0.05) is 10.6 Å². The van der Waals surface area contributed by atoms with E-state index in [9.17, 15) is 9.18 Å². The van der Waals surface area contributed by atoms with E-state index < -0.39 is 0 Å². The molecule has 106 valence electrons. The van der Waals surface area contributed by atoms with Gasteiger partial charge in [-0.25, -0.2) is 4.39 Å². The second-order valence-electron chi connectivity index (χ2n) is 4.97. The van der Waals surface area contributed by atoms with Gasteiger partial charge < -0.3 is 0 Å². The molecule has 1 N–H and O–H groups in total. The Kier molecular flexibility index (Phi) is 2.97. The summed E-state index contributed by atoms with van der Waals surface area (Å²) in [7, 11) is 0. The molecule has 0 aliphatic heterocycles. The molecule has 0 radical (unpaired) electrons. The van der Waals surface area contributed by atoms with E-state index in [2.05, 4.69) is 15.5 Å². The first-order chi connectivity index (χ1) is 10.2. The number of amides is 1. The van der Waals surface area contributed by atoms with Crippen molar-refractivity contribution in [2.45, 2.75) is 18.8 Å². The van der Waals surface area contributed by atoms with Gasteiger partial charge in [0.2, 0.25) is 5.13 Å². The van der Waals surface area contributed by atoms with Crippen molar-refractivity contribution < 1.29 is 9.18 Å². The van der Waals surface area contributed by atoms with Crippen molar-refractivity contribution in [1.29, 1.82) is 0 Å². The molecule has 0 unspecified atom stereocenters. The average molecular weight is 319 g/mol. The molecular formula is C14H10FN3OS2. The molecule has 7 heteroatoms. The highest BCUT2D eigenvalue weighted by molar-refractivity contribution is 7.21. The maximum absolute atomic E-state index is 13.2. The van der Waals surface area contributed by atoms with Gasteiger partial charge >= 0.3 is 0 Å². The van der Waals surface area contributed by atoms with Crippen molar-refractivity contribution in [3.8, 4) is 0 Å². The molecule has 4 nitrogen and oxygen atoms in total. The summed E-state index contributed by atoms with van der Waals surface area (Å²) in [4.78, 5) is 12.7. The molecule has 0 spiro atoms. The average Bonchev–Trinajstić information content (AvgIpc) is 3.06. The fourth-order valence-corrected chi connectivity index (χ4v) is 3.95. The Morgan fingerprint density at radius 1 is 1.24 bits per heavy atom. The minimum atomic E-state index is -0.297. The second-order valence-corrected chi connectivity index (χ2v) is 7.06. The van der Waals surface area contributed by atoms with Crippen molar-refractivity contribution in [3.63, 3.8) is 0 Å². The predicted molar refractivity (Wildman–Crippen MR) is 81.6 cm³/mol. The molecule has 1 saturated carbocycles. The van der Waals surface area contributed by atoms with Crippen LogP contribution in [0.25, 0.3) is 10.1 Å². The maximum Gasteiger partial charge on any atom is 0.267 e. The van der Waals surface area contributed by atoms with Gasteiger partial charge in [0.1, 0.15) is 10.8 Å². The molecule has 1 fully saturated rings. The highest BCUT2D eigenvalue weighted by Crippen LogP contribution is 2.42. The lowest BCUT2D eigenvalue weighted by atomic mass is 10.2. The Balaban J connectivity index is 1.57. The van der Waals surface area contributed by atoms with Crippen molar-refractivity contribution in [1.82, 2.24) is 10.2 Å². The van der Waals surface area contributed by atoms with Crippen LogP contribution in [0.3, 0.4) is 0 Å². The summed E-state index contributed by atoms with van der Waals surface area (Å²) in [6, 6.07) is 6.27. The van der Waals surface area contributed by atoms with Crippen LogP contribution in [0.4, 0.5) is 9.52 Å². The monoisotopic (exact) mass is 319 g/mol. The van der Waals surface area contributed by atoms with Crippen LogP contribution in [0.15, 0.2) is 24.3 Å². The summed E-state index contributed by atoms with van der Waals surface area (Å²) >= 11 is 2.69. The lowest BCUT2D eigenvalue weighted by molar-refractivity contribution is 0.103. The molecule has 1 aliphatic carbocycles. The third-order valence-electron chi connectivity index (χ3n) is 3.29. The number of carbonyl (C=O) groups is 1. The van der Waals surface area contributed by atoms with Crippen LogP contribution in [0, 0.1) is 5.82 Å². The van der Waals surface area contributed by atoms with Gasteiger partial charge in [-0.15, -0.1) is 21.5 Å². The summed E-state index contributed by atoms with van der Waals surface area (Å²) in [6.45, 7) is 0. The van der Waals surface area contributed by atoms with E-state index in [4.69, 9.17) is 0 Å². The molecule has 1 amide bonds. The van der Waals surface area contributed by atoms with Crippen LogP contribution in [0.1, 0.15) is 33.4 Å². The molecule has 0 atom stereocenters. The van der Waals surface area contributed by atoms with Crippen molar-refractivity contribution in [2.75, 3.05) is 5.32 Å². The first-order valence-electron chi connectivity index (χ1n) is 6.53. The van der Waals surface area contributed by atoms with E-state index in [1.165, 1.54) is 34.8 Å². The van der Waals surface area contributed by atoms with E-state index in [1.807, 2.05) is 0 Å². The van der Waals surface area contributed by atoms with Gasteiger partial charge in [0.25, 0.3) is 5.91 Å². The van der Waals surface area contributed by atoms with Crippen LogP contribution < -0.4 is 5.32 Å². The summed E-state index contributed by atoms with van der Waals surface area (Å²) in [5, 5.41) is 13.2. The third kappa shape index (κ3) is 2.54. The Morgan fingerprint density at radius 3 is 2.90 bits per heavy atom. The van der Waals surface area contributed by atoms with Crippen molar-refractivity contribution in [3.05, 3.63) is 40.0 Å². The first-order valence-corrected chi connectivity index (χ1v) is 8.16. The van der Waals surface area contributed by atoms with Gasteiger partial charge in [-0.3, -0.25) is 10.1 Å². The van der Waals surface area contributed by atoms with Crippen LogP contribution >= 0.6 is 22.7 Å². The molecule has 4 rings (SSSR count). The van der Waals surface area contributed by atoms with Gasteiger partial charge in [-0.2, -0.15) is 0 Å². The number of nitrogens with one attached hydrogen (secondary N) is 1. The molecule has 21 heavy (non-hydrogen) atoms. The van der Waals surface area contributed by atoms with Crippen LogP contribution in [0.5, 0.6) is 0 Å². The van der Waals surface area contributed by atoms with Gasteiger partial charge in [0.05, 0.1) is 4.88 Å². The van der Waals surface area contributed by atoms with E-state index in [0.29, 0.717) is 15.9 Å². The third-order valence-corrected chi connectivity index (χ3v) is 5.39. The quantitative estimate of drug-likeness (QED) is 0.793. The normalized spacial score (nSPS) is 14.5. The lowest BCUT2D eigenvalue weighted by Crippen LogP contribution is -2.09. The van der Waals surface area contributed by atoms with Crippen molar-refractivity contribution in [2.24, 2.45) is 0 Å².